The van der Waals surface area contributed by atoms with Crippen molar-refractivity contribution in [2.45, 2.75) is 71.3 Å². The van der Waals surface area contributed by atoms with E-state index >= 15 is 0 Å². The molecule has 0 saturated carbocycles. The zero-order valence-corrected chi connectivity index (χ0v) is 22.7. The summed E-state index contributed by atoms with van der Waals surface area (Å²) in [5, 5.41) is 12.3. The van der Waals surface area contributed by atoms with Crippen LogP contribution in [0.15, 0.2) is 41.3 Å². The molecule has 0 heterocycles. The molecule has 0 bridgehead atoms. The first-order valence-electron chi connectivity index (χ1n) is 11.7. The fourth-order valence-electron chi connectivity index (χ4n) is 2.97. The number of anilines is 1. The Labute approximate surface area is 220 Å². The molecule has 0 aliphatic rings. The summed E-state index contributed by atoms with van der Waals surface area (Å²) in [5.41, 5.74) is 0.359. The highest BCUT2D eigenvalue weighted by Gasteiger charge is 2.26. The van der Waals surface area contributed by atoms with E-state index in [1.54, 1.807) is 0 Å². The predicted molar refractivity (Wildman–Crippen MR) is 141 cm³/mol. The lowest BCUT2D eigenvalue weighted by Gasteiger charge is -2.18. The Morgan fingerprint density at radius 3 is 2.19 bits per heavy atom. The summed E-state index contributed by atoms with van der Waals surface area (Å²) >= 11 is 6.21. The van der Waals surface area contributed by atoms with Crippen LogP contribution in [0.3, 0.4) is 0 Å². The molecule has 0 fully saturated rings. The number of amides is 1. The molecular formula is C26H34ClF2NO5S. The van der Waals surface area contributed by atoms with E-state index in [9.17, 15) is 28.3 Å². The van der Waals surface area contributed by atoms with Gasteiger partial charge in [-0.15, -0.1) is 0 Å². The Morgan fingerprint density at radius 1 is 1.06 bits per heavy atom. The maximum Gasteiger partial charge on any atom is 0.255 e. The highest BCUT2D eigenvalue weighted by Crippen LogP contribution is 2.26. The average Bonchev–Trinajstić information content (AvgIpc) is 2.87. The summed E-state index contributed by atoms with van der Waals surface area (Å²) in [6.45, 7) is 9.20. The fraction of sp³-hybridized carbons (Fsp3) is 0.423. The Morgan fingerprint density at radius 2 is 1.69 bits per heavy atom. The largest absolute Gasteiger partial charge is 0.385 e. The van der Waals surface area contributed by atoms with Crippen molar-refractivity contribution in [2.24, 2.45) is 5.92 Å². The van der Waals surface area contributed by atoms with Gasteiger partial charge in [-0.2, -0.15) is 0 Å². The molecule has 2 aromatic carbocycles. The number of nitrogens with one attached hydrogen (secondary N) is 1. The van der Waals surface area contributed by atoms with Crippen molar-refractivity contribution in [3.05, 3.63) is 58.6 Å². The van der Waals surface area contributed by atoms with Crippen molar-refractivity contribution >= 4 is 46.8 Å². The SMILES string of the molecule is CC.CCCCC(CC)C(O)C(=O)C(C)=O.O=C(Nc1ccc(F)c(F)c1)c1ccc(Cl)c(SO)c1. The molecule has 0 saturated heterocycles. The molecule has 2 atom stereocenters. The first-order valence-corrected chi connectivity index (χ1v) is 12.8. The van der Waals surface area contributed by atoms with E-state index in [1.807, 2.05) is 20.8 Å². The van der Waals surface area contributed by atoms with Gasteiger partial charge in [0.05, 0.1) is 9.92 Å². The van der Waals surface area contributed by atoms with Crippen LogP contribution in [0.1, 0.15) is 70.7 Å². The van der Waals surface area contributed by atoms with Crippen LogP contribution in [0.2, 0.25) is 5.02 Å². The van der Waals surface area contributed by atoms with E-state index in [0.717, 1.165) is 37.8 Å². The number of Topliss-reactive ketones (excluding diaryl/α,β-unsaturated/α-hetero) is 2. The van der Waals surface area contributed by atoms with E-state index in [2.05, 4.69) is 12.2 Å². The maximum absolute atomic E-state index is 13.0. The lowest BCUT2D eigenvalue weighted by Crippen LogP contribution is -2.33. The van der Waals surface area contributed by atoms with Crippen molar-refractivity contribution in [2.75, 3.05) is 5.32 Å². The molecule has 0 spiro atoms. The zero-order valence-electron chi connectivity index (χ0n) is 21.1. The molecule has 0 radical (unpaired) electrons. The first-order chi connectivity index (χ1) is 17.0. The summed E-state index contributed by atoms with van der Waals surface area (Å²) in [5.74, 6) is -3.83. The quantitative estimate of drug-likeness (QED) is 0.216. The minimum Gasteiger partial charge on any atom is -0.385 e. The van der Waals surface area contributed by atoms with Gasteiger partial charge < -0.3 is 15.0 Å². The van der Waals surface area contributed by atoms with Crippen LogP contribution in [0, 0.1) is 17.6 Å². The number of hydrogen-bond acceptors (Lipinski definition) is 6. The second-order valence-electron chi connectivity index (χ2n) is 7.50. The first kappa shape index (κ1) is 33.7. The van der Waals surface area contributed by atoms with Crippen molar-refractivity contribution in [3.8, 4) is 0 Å². The van der Waals surface area contributed by atoms with Crippen molar-refractivity contribution in [1.82, 2.24) is 0 Å². The molecule has 2 rings (SSSR count). The van der Waals surface area contributed by atoms with Gasteiger partial charge in [0.25, 0.3) is 5.91 Å². The number of rotatable bonds is 10. The smallest absolute Gasteiger partial charge is 0.255 e. The number of unbranched alkanes of at least 4 members (excludes halogenated alkanes) is 1. The van der Waals surface area contributed by atoms with Gasteiger partial charge in [0.1, 0.15) is 6.10 Å². The number of aliphatic hydroxyl groups is 1. The van der Waals surface area contributed by atoms with Crippen LogP contribution in [-0.2, 0) is 9.59 Å². The minimum absolute atomic E-state index is 0.0636. The minimum atomic E-state index is -1.09. The third-order valence-corrected chi connectivity index (χ3v) is 5.96. The normalized spacial score (nSPS) is 11.7. The molecule has 0 aromatic heterocycles. The van der Waals surface area contributed by atoms with Gasteiger partial charge in [0, 0.05) is 36.3 Å². The van der Waals surface area contributed by atoms with E-state index in [4.69, 9.17) is 16.2 Å². The van der Waals surface area contributed by atoms with Crippen LogP contribution in [0.4, 0.5) is 14.5 Å². The molecule has 3 N–H and O–H groups in total. The van der Waals surface area contributed by atoms with E-state index in [0.29, 0.717) is 22.0 Å². The molecular weight excluding hydrogens is 512 g/mol. The number of ketones is 2. The summed E-state index contributed by atoms with van der Waals surface area (Å²) in [7, 11) is 0. The van der Waals surface area contributed by atoms with Crippen molar-refractivity contribution in [3.63, 3.8) is 0 Å². The van der Waals surface area contributed by atoms with Gasteiger partial charge in [-0.1, -0.05) is 58.6 Å². The van der Waals surface area contributed by atoms with Gasteiger partial charge in [0.15, 0.2) is 17.4 Å². The molecule has 200 valence electrons. The molecule has 6 nitrogen and oxygen atoms in total. The summed E-state index contributed by atoms with van der Waals surface area (Å²) in [6, 6.07) is 7.35. The highest BCUT2D eigenvalue weighted by molar-refractivity contribution is 7.93. The van der Waals surface area contributed by atoms with Gasteiger partial charge in [-0.05, 0) is 42.7 Å². The third kappa shape index (κ3) is 11.2. The van der Waals surface area contributed by atoms with Crippen LogP contribution in [0.25, 0.3) is 0 Å². The Hall–Kier alpha value is -2.33. The summed E-state index contributed by atoms with van der Waals surface area (Å²) < 4.78 is 34.8. The van der Waals surface area contributed by atoms with Crippen molar-refractivity contribution < 1.29 is 32.8 Å². The predicted octanol–water partition coefficient (Wildman–Crippen LogP) is 7.18. The Bertz CT molecular complexity index is 1010. The second kappa shape index (κ2) is 18.0. The highest BCUT2D eigenvalue weighted by atomic mass is 35.5. The number of carbonyl (C=O) groups is 3. The van der Waals surface area contributed by atoms with E-state index < -0.39 is 35.2 Å². The van der Waals surface area contributed by atoms with E-state index in [1.165, 1.54) is 31.2 Å². The molecule has 1 amide bonds. The monoisotopic (exact) mass is 545 g/mol. The molecule has 0 aliphatic heterocycles. The Balaban J connectivity index is 0.000000676. The number of hydrogen-bond donors (Lipinski definition) is 3. The lowest BCUT2D eigenvalue weighted by molar-refractivity contribution is -0.142. The third-order valence-electron chi connectivity index (χ3n) is 4.98. The second-order valence-corrected chi connectivity index (χ2v) is 8.52. The Kier molecular flexibility index (Phi) is 16.8. The number of halogens is 3. The molecule has 2 aromatic rings. The topological polar surface area (TPSA) is 104 Å². The molecule has 36 heavy (non-hydrogen) atoms. The summed E-state index contributed by atoms with van der Waals surface area (Å²) in [4.78, 5) is 34.2. The molecule has 10 heteroatoms. The maximum atomic E-state index is 13.0. The van der Waals surface area contributed by atoms with Gasteiger partial charge >= 0.3 is 0 Å². The van der Waals surface area contributed by atoms with Gasteiger partial charge in [0.2, 0.25) is 5.78 Å². The van der Waals surface area contributed by atoms with Crippen LogP contribution >= 0.6 is 23.6 Å². The standard InChI is InChI=1S/C13H8ClF2NO2S.C11H20O3.C2H6/c14-9-3-1-7(5-12(9)20-19)13(18)17-8-2-4-10(15)11(16)6-8;1-4-6-7-9(5-2)11(14)10(13)8(3)12;1-2/h1-6,19H,(H,17,18);9,11,14H,4-7H2,1-3H3;1-2H3. The molecule has 0 aliphatic carbocycles. The van der Waals surface area contributed by atoms with Gasteiger partial charge in [-0.3, -0.25) is 14.4 Å². The average molecular weight is 546 g/mol. The molecule has 2 unspecified atom stereocenters. The zero-order chi connectivity index (χ0) is 27.8. The van der Waals surface area contributed by atoms with Crippen LogP contribution in [0.5, 0.6) is 0 Å². The van der Waals surface area contributed by atoms with Crippen molar-refractivity contribution in [1.29, 1.82) is 0 Å². The number of aliphatic hydroxyl groups excluding tert-OH is 1. The lowest BCUT2D eigenvalue weighted by atomic mass is 9.90. The van der Waals surface area contributed by atoms with Gasteiger partial charge in [-0.25, -0.2) is 8.78 Å². The number of benzene rings is 2. The van der Waals surface area contributed by atoms with Crippen LogP contribution < -0.4 is 5.32 Å². The number of carbonyl (C=O) groups excluding carboxylic acids is 3. The summed E-state index contributed by atoms with van der Waals surface area (Å²) in [6.07, 6.45) is 2.48. The van der Waals surface area contributed by atoms with Crippen LogP contribution in [-0.4, -0.2) is 33.2 Å². The fourth-order valence-corrected chi connectivity index (χ4v) is 3.52. The van der Waals surface area contributed by atoms with E-state index in [-0.39, 0.29) is 17.2 Å².